The minimum Gasteiger partial charge on any atom is -0.323 e. The molecule has 1 saturated carbocycles. The van der Waals surface area contributed by atoms with E-state index in [2.05, 4.69) is 15.3 Å². The highest BCUT2D eigenvalue weighted by molar-refractivity contribution is 7.71. The van der Waals surface area contributed by atoms with Gasteiger partial charge >= 0.3 is 0 Å². The van der Waals surface area contributed by atoms with Gasteiger partial charge in [-0.3, -0.25) is 9.78 Å². The third-order valence-corrected chi connectivity index (χ3v) is 3.64. The normalized spacial score (nSPS) is 16.3. The fourth-order valence-electron chi connectivity index (χ4n) is 1.69. The van der Waals surface area contributed by atoms with Gasteiger partial charge in [0.25, 0.3) is 5.56 Å². The summed E-state index contributed by atoms with van der Waals surface area (Å²) in [5, 5.41) is 2.88. The summed E-state index contributed by atoms with van der Waals surface area (Å²) in [6.07, 6.45) is 2.42. The molecule has 1 fully saturated rings. The molecule has 0 atom stereocenters. The Bertz CT molecular complexity index is 603. The quantitative estimate of drug-likeness (QED) is 0.731. The number of hydrogen-bond donors (Lipinski definition) is 2. The van der Waals surface area contributed by atoms with Gasteiger partial charge in [-0.25, -0.2) is 0 Å². The van der Waals surface area contributed by atoms with Crippen molar-refractivity contribution in [2.75, 3.05) is 0 Å². The molecule has 14 heavy (non-hydrogen) atoms. The van der Waals surface area contributed by atoms with Crippen LogP contribution in [0, 0.1) is 4.77 Å². The third-order valence-electron chi connectivity index (χ3n) is 2.52. The smallest absolute Gasteiger partial charge is 0.260 e. The first kappa shape index (κ1) is 8.38. The number of aromatic nitrogens is 2. The molecule has 0 aliphatic heterocycles. The Morgan fingerprint density at radius 2 is 2.21 bits per heavy atom. The number of nitrogens with one attached hydrogen (secondary N) is 2. The summed E-state index contributed by atoms with van der Waals surface area (Å²) >= 11 is 6.48. The fourth-order valence-corrected chi connectivity index (χ4v) is 3.00. The second-order valence-electron chi connectivity index (χ2n) is 3.58. The zero-order valence-corrected chi connectivity index (χ0v) is 8.93. The largest absolute Gasteiger partial charge is 0.323 e. The van der Waals surface area contributed by atoms with Crippen molar-refractivity contribution in [3.05, 3.63) is 26.1 Å². The molecule has 2 N–H and O–H groups in total. The highest BCUT2D eigenvalue weighted by Gasteiger charge is 2.27. The average molecular weight is 224 g/mol. The third kappa shape index (κ3) is 1.16. The molecule has 0 saturated heterocycles. The van der Waals surface area contributed by atoms with Gasteiger partial charge in [-0.1, -0.05) is 0 Å². The van der Waals surface area contributed by atoms with Crippen molar-refractivity contribution in [3.8, 4) is 0 Å². The lowest BCUT2D eigenvalue weighted by atomic mass is 10.1. The van der Waals surface area contributed by atoms with Gasteiger partial charge in [0.15, 0.2) is 4.77 Å². The van der Waals surface area contributed by atoms with Crippen LogP contribution >= 0.6 is 23.6 Å². The zero-order chi connectivity index (χ0) is 9.71. The molecule has 0 radical (unpaired) electrons. The highest BCUT2D eigenvalue weighted by atomic mass is 32.1. The van der Waals surface area contributed by atoms with Crippen molar-refractivity contribution in [3.63, 3.8) is 0 Å². The van der Waals surface area contributed by atoms with Gasteiger partial charge in [0.1, 0.15) is 4.83 Å². The standard InChI is InChI=1S/C9H8N2OS2/c12-7-6-5(4-1-2-4)3-14-8(6)11-9(13)10-7/h3-4H,1-2H2,(H2,10,11,12,13). The number of hydrogen-bond acceptors (Lipinski definition) is 3. The van der Waals surface area contributed by atoms with Gasteiger partial charge in [-0.15, -0.1) is 11.3 Å². The van der Waals surface area contributed by atoms with Crippen LogP contribution in [0.1, 0.15) is 24.3 Å². The van der Waals surface area contributed by atoms with Gasteiger partial charge in [0.05, 0.1) is 5.39 Å². The van der Waals surface area contributed by atoms with Crippen molar-refractivity contribution in [2.24, 2.45) is 0 Å². The van der Waals surface area contributed by atoms with Crippen LogP contribution in [0.5, 0.6) is 0 Å². The lowest BCUT2D eigenvalue weighted by Gasteiger charge is -1.93. The summed E-state index contributed by atoms with van der Waals surface area (Å²) in [6.45, 7) is 0. The zero-order valence-electron chi connectivity index (χ0n) is 7.29. The van der Waals surface area contributed by atoms with Crippen molar-refractivity contribution < 1.29 is 0 Å². The molecule has 3 nitrogen and oxygen atoms in total. The Hall–Kier alpha value is -0.940. The summed E-state index contributed by atoms with van der Waals surface area (Å²) in [7, 11) is 0. The first-order chi connectivity index (χ1) is 6.75. The molecule has 3 rings (SSSR count). The number of thiophene rings is 1. The summed E-state index contributed by atoms with van der Waals surface area (Å²) in [5.41, 5.74) is 1.14. The highest BCUT2D eigenvalue weighted by Crippen LogP contribution is 2.43. The maximum absolute atomic E-state index is 11.7. The fraction of sp³-hybridized carbons (Fsp3) is 0.333. The predicted octanol–water partition coefficient (Wildman–Crippen LogP) is 2.52. The van der Waals surface area contributed by atoms with E-state index in [1.807, 2.05) is 0 Å². The number of fused-ring (bicyclic) bond motifs is 1. The van der Waals surface area contributed by atoms with Crippen LogP contribution in [0.15, 0.2) is 10.2 Å². The maximum Gasteiger partial charge on any atom is 0.260 e. The van der Waals surface area contributed by atoms with E-state index in [-0.39, 0.29) is 5.56 Å². The van der Waals surface area contributed by atoms with Gasteiger partial charge in [0, 0.05) is 0 Å². The van der Waals surface area contributed by atoms with Crippen LogP contribution in [0.25, 0.3) is 10.2 Å². The molecule has 0 unspecified atom stereocenters. The Morgan fingerprint density at radius 3 is 2.93 bits per heavy atom. The molecule has 2 aromatic heterocycles. The first-order valence-corrected chi connectivity index (χ1v) is 5.78. The van der Waals surface area contributed by atoms with Crippen molar-refractivity contribution in [1.29, 1.82) is 0 Å². The van der Waals surface area contributed by atoms with Crippen molar-refractivity contribution in [1.82, 2.24) is 9.97 Å². The van der Waals surface area contributed by atoms with E-state index in [0.29, 0.717) is 10.7 Å². The lowest BCUT2D eigenvalue weighted by Crippen LogP contribution is -2.07. The molecule has 1 aliphatic carbocycles. The van der Waals surface area contributed by atoms with E-state index in [1.165, 1.54) is 18.4 Å². The molecule has 2 heterocycles. The Balaban J connectivity index is 2.44. The molecular weight excluding hydrogens is 216 g/mol. The predicted molar refractivity (Wildman–Crippen MR) is 59.6 cm³/mol. The maximum atomic E-state index is 11.7. The van der Waals surface area contributed by atoms with Gasteiger partial charge in [-0.2, -0.15) is 0 Å². The molecular formula is C9H8N2OS2. The SMILES string of the molecule is O=c1[nH]c(=S)[nH]c2scc(C3CC3)c12. The first-order valence-electron chi connectivity index (χ1n) is 4.49. The summed E-state index contributed by atoms with van der Waals surface area (Å²) < 4.78 is 0.409. The molecule has 0 bridgehead atoms. The molecule has 0 aromatic carbocycles. The van der Waals surface area contributed by atoms with E-state index in [0.717, 1.165) is 10.2 Å². The summed E-state index contributed by atoms with van der Waals surface area (Å²) in [6, 6.07) is 0. The van der Waals surface area contributed by atoms with Gasteiger partial charge < -0.3 is 4.98 Å². The lowest BCUT2D eigenvalue weighted by molar-refractivity contribution is 1.12. The Labute approximate surface area is 88.8 Å². The van der Waals surface area contributed by atoms with Crippen LogP contribution in [0.3, 0.4) is 0 Å². The second kappa shape index (κ2) is 2.77. The molecule has 72 valence electrons. The van der Waals surface area contributed by atoms with E-state index >= 15 is 0 Å². The van der Waals surface area contributed by atoms with E-state index < -0.39 is 0 Å². The monoisotopic (exact) mass is 224 g/mol. The van der Waals surface area contributed by atoms with Crippen LogP contribution in [-0.2, 0) is 0 Å². The number of H-pyrrole nitrogens is 2. The van der Waals surface area contributed by atoms with E-state index in [4.69, 9.17) is 12.2 Å². The number of aromatic amines is 2. The van der Waals surface area contributed by atoms with Crippen molar-refractivity contribution in [2.45, 2.75) is 18.8 Å². The molecule has 1 aliphatic rings. The topological polar surface area (TPSA) is 48.6 Å². The summed E-state index contributed by atoms with van der Waals surface area (Å²) in [4.78, 5) is 18.2. The minimum atomic E-state index is -0.0492. The van der Waals surface area contributed by atoms with Crippen LogP contribution < -0.4 is 5.56 Å². The molecule has 0 amide bonds. The Kier molecular flexibility index (Phi) is 1.66. The average Bonchev–Trinajstić information content (AvgIpc) is 2.87. The van der Waals surface area contributed by atoms with Gasteiger partial charge in [0.2, 0.25) is 0 Å². The van der Waals surface area contributed by atoms with Crippen LogP contribution in [0.4, 0.5) is 0 Å². The molecule has 5 heteroatoms. The second-order valence-corrected chi connectivity index (χ2v) is 4.87. The number of rotatable bonds is 1. The molecule has 0 spiro atoms. The summed E-state index contributed by atoms with van der Waals surface area (Å²) in [5.74, 6) is 0.606. The van der Waals surface area contributed by atoms with Gasteiger partial charge in [-0.05, 0) is 41.9 Å². The molecule has 2 aromatic rings. The van der Waals surface area contributed by atoms with Crippen LogP contribution in [-0.4, -0.2) is 9.97 Å². The van der Waals surface area contributed by atoms with E-state index in [1.54, 1.807) is 11.3 Å². The van der Waals surface area contributed by atoms with Crippen molar-refractivity contribution >= 4 is 33.8 Å². The Morgan fingerprint density at radius 1 is 1.43 bits per heavy atom. The van der Waals surface area contributed by atoms with E-state index in [9.17, 15) is 4.79 Å². The minimum absolute atomic E-state index is 0.0492. The van der Waals surface area contributed by atoms with Crippen LogP contribution in [0.2, 0.25) is 0 Å².